The number of amides is 2. The van der Waals surface area contributed by atoms with Gasteiger partial charge in [0.05, 0.1) is 11.9 Å². The zero-order chi connectivity index (χ0) is 23.8. The van der Waals surface area contributed by atoms with Crippen LogP contribution in [0.5, 0.6) is 5.75 Å². The number of hydrogen-bond donors (Lipinski definition) is 2. The number of carbonyl (C=O) groups excluding carboxylic acids is 2. The van der Waals surface area contributed by atoms with Crippen LogP contribution in [0.4, 0.5) is 5.69 Å². The van der Waals surface area contributed by atoms with Crippen LogP contribution in [0.2, 0.25) is 5.02 Å². The maximum Gasteiger partial charge on any atom is 0.252 e. The van der Waals surface area contributed by atoms with Crippen LogP contribution in [0.1, 0.15) is 18.1 Å². The molecule has 0 saturated heterocycles. The molecule has 170 valence electrons. The molecule has 2 N–H and O–H groups in total. The summed E-state index contributed by atoms with van der Waals surface area (Å²) in [5, 5.41) is 7.34. The van der Waals surface area contributed by atoms with Gasteiger partial charge in [-0.2, -0.15) is 5.10 Å². The first-order valence-corrected chi connectivity index (χ1v) is 11.9. The summed E-state index contributed by atoms with van der Waals surface area (Å²) >= 11 is 13.0. The standard InChI is InChI=1S/C24H20Br2ClN3O3/c1-15(23(31)29-21-9-5-3-7-19(21)26)24(32)30-28-13-17-12-18(25)10-11-22(17)33-14-16-6-2-4-8-20(16)27/h2-13,15H,14H2,1H3,(H,29,31)(H,30,32). The molecule has 6 nitrogen and oxygen atoms in total. The molecule has 1 unspecified atom stereocenters. The zero-order valence-electron chi connectivity index (χ0n) is 17.5. The smallest absolute Gasteiger partial charge is 0.252 e. The maximum absolute atomic E-state index is 12.4. The molecule has 33 heavy (non-hydrogen) atoms. The quantitative estimate of drug-likeness (QED) is 0.186. The number of para-hydroxylation sites is 1. The summed E-state index contributed by atoms with van der Waals surface area (Å²) in [6.07, 6.45) is 1.46. The average Bonchev–Trinajstić information content (AvgIpc) is 2.80. The molecule has 2 amide bonds. The van der Waals surface area contributed by atoms with Gasteiger partial charge in [0.15, 0.2) is 0 Å². The van der Waals surface area contributed by atoms with Crippen LogP contribution >= 0.6 is 43.5 Å². The van der Waals surface area contributed by atoms with E-state index in [0.717, 1.165) is 14.5 Å². The van der Waals surface area contributed by atoms with E-state index in [1.54, 1.807) is 36.4 Å². The van der Waals surface area contributed by atoms with Gasteiger partial charge in [-0.1, -0.05) is 57.9 Å². The van der Waals surface area contributed by atoms with Gasteiger partial charge in [-0.3, -0.25) is 9.59 Å². The van der Waals surface area contributed by atoms with Crippen molar-refractivity contribution in [3.8, 4) is 5.75 Å². The van der Waals surface area contributed by atoms with Crippen LogP contribution in [0.3, 0.4) is 0 Å². The van der Waals surface area contributed by atoms with Crippen molar-refractivity contribution >= 4 is 67.2 Å². The minimum atomic E-state index is -0.951. The van der Waals surface area contributed by atoms with Crippen LogP contribution < -0.4 is 15.5 Å². The molecule has 3 rings (SSSR count). The Morgan fingerprint density at radius 2 is 1.79 bits per heavy atom. The fraction of sp³-hybridized carbons (Fsp3) is 0.125. The Hall–Kier alpha value is -2.68. The van der Waals surface area contributed by atoms with Gasteiger partial charge in [0.2, 0.25) is 5.91 Å². The van der Waals surface area contributed by atoms with Gasteiger partial charge in [0, 0.05) is 25.1 Å². The van der Waals surface area contributed by atoms with E-state index in [1.807, 2.05) is 30.3 Å². The van der Waals surface area contributed by atoms with Crippen LogP contribution in [-0.4, -0.2) is 18.0 Å². The molecule has 0 aliphatic rings. The normalized spacial score (nSPS) is 11.8. The SMILES string of the molecule is CC(C(=O)NN=Cc1cc(Br)ccc1OCc1ccccc1Cl)C(=O)Nc1ccccc1Br. The Balaban J connectivity index is 1.62. The molecule has 0 radical (unpaired) electrons. The number of hydrazone groups is 1. The number of anilines is 1. The number of halogens is 3. The van der Waals surface area contributed by atoms with E-state index < -0.39 is 17.7 Å². The van der Waals surface area contributed by atoms with Crippen LogP contribution in [-0.2, 0) is 16.2 Å². The number of carbonyl (C=O) groups is 2. The first kappa shape index (κ1) is 25.0. The highest BCUT2D eigenvalue weighted by atomic mass is 79.9. The fourth-order valence-electron chi connectivity index (χ4n) is 2.71. The van der Waals surface area contributed by atoms with E-state index in [1.165, 1.54) is 13.1 Å². The van der Waals surface area contributed by atoms with Gasteiger partial charge in [0.25, 0.3) is 5.91 Å². The van der Waals surface area contributed by atoms with Crippen molar-refractivity contribution in [2.24, 2.45) is 11.0 Å². The van der Waals surface area contributed by atoms with Crippen molar-refractivity contribution in [1.29, 1.82) is 0 Å². The molecule has 0 aliphatic carbocycles. The molecule has 0 spiro atoms. The summed E-state index contributed by atoms with van der Waals surface area (Å²) in [6.45, 7) is 1.79. The lowest BCUT2D eigenvalue weighted by atomic mass is 10.1. The largest absolute Gasteiger partial charge is 0.488 e. The minimum Gasteiger partial charge on any atom is -0.488 e. The average molecular weight is 594 g/mol. The highest BCUT2D eigenvalue weighted by Crippen LogP contribution is 2.24. The second-order valence-corrected chi connectivity index (χ2v) is 9.16. The lowest BCUT2D eigenvalue weighted by molar-refractivity contribution is -0.131. The summed E-state index contributed by atoms with van der Waals surface area (Å²) in [6, 6.07) is 20.0. The lowest BCUT2D eigenvalue weighted by Crippen LogP contribution is -2.34. The molecule has 3 aromatic carbocycles. The van der Waals surface area contributed by atoms with Crippen LogP contribution in [0, 0.1) is 5.92 Å². The van der Waals surface area contributed by atoms with Crippen molar-refractivity contribution in [2.45, 2.75) is 13.5 Å². The third-order valence-electron chi connectivity index (χ3n) is 4.61. The molecule has 3 aromatic rings. The fourth-order valence-corrected chi connectivity index (χ4v) is 3.66. The molecule has 0 aromatic heterocycles. The molecule has 0 bridgehead atoms. The van der Waals surface area contributed by atoms with E-state index in [-0.39, 0.29) is 6.61 Å². The first-order chi connectivity index (χ1) is 15.8. The summed E-state index contributed by atoms with van der Waals surface area (Å²) < 4.78 is 7.45. The van der Waals surface area contributed by atoms with Crippen molar-refractivity contribution in [1.82, 2.24) is 5.43 Å². The van der Waals surface area contributed by atoms with Crippen molar-refractivity contribution in [3.63, 3.8) is 0 Å². The Morgan fingerprint density at radius 3 is 2.55 bits per heavy atom. The summed E-state index contributed by atoms with van der Waals surface area (Å²) in [4.78, 5) is 24.8. The highest BCUT2D eigenvalue weighted by molar-refractivity contribution is 9.10. The van der Waals surface area contributed by atoms with E-state index in [2.05, 4.69) is 47.7 Å². The minimum absolute atomic E-state index is 0.279. The number of nitrogens with one attached hydrogen (secondary N) is 2. The van der Waals surface area contributed by atoms with Gasteiger partial charge in [-0.05, 0) is 59.3 Å². The van der Waals surface area contributed by atoms with Gasteiger partial charge < -0.3 is 10.1 Å². The van der Waals surface area contributed by atoms with E-state index in [0.29, 0.717) is 22.0 Å². The monoisotopic (exact) mass is 591 g/mol. The molecular weight excluding hydrogens is 574 g/mol. The number of ether oxygens (including phenoxy) is 1. The summed E-state index contributed by atoms with van der Waals surface area (Å²) in [5.41, 5.74) is 4.48. The Bertz CT molecular complexity index is 1190. The lowest BCUT2D eigenvalue weighted by Gasteiger charge is -2.12. The Morgan fingerprint density at radius 1 is 1.06 bits per heavy atom. The van der Waals surface area contributed by atoms with E-state index in [4.69, 9.17) is 16.3 Å². The summed E-state index contributed by atoms with van der Waals surface area (Å²) in [5.74, 6) is -1.37. The van der Waals surface area contributed by atoms with Crippen LogP contribution in [0.25, 0.3) is 0 Å². The predicted molar refractivity (Wildman–Crippen MR) is 138 cm³/mol. The van der Waals surface area contributed by atoms with Crippen molar-refractivity contribution in [3.05, 3.63) is 91.8 Å². The third-order valence-corrected chi connectivity index (χ3v) is 6.16. The number of hydrogen-bond acceptors (Lipinski definition) is 4. The van der Waals surface area contributed by atoms with Gasteiger partial charge >= 0.3 is 0 Å². The van der Waals surface area contributed by atoms with E-state index in [9.17, 15) is 9.59 Å². The predicted octanol–water partition coefficient (Wildman–Crippen LogP) is 6.17. The second-order valence-electron chi connectivity index (χ2n) is 6.99. The first-order valence-electron chi connectivity index (χ1n) is 9.89. The van der Waals surface area contributed by atoms with Gasteiger partial charge in [-0.25, -0.2) is 5.43 Å². The zero-order valence-corrected chi connectivity index (χ0v) is 21.4. The molecule has 0 saturated carbocycles. The molecular formula is C24H20Br2ClN3O3. The van der Waals surface area contributed by atoms with E-state index >= 15 is 0 Å². The topological polar surface area (TPSA) is 79.8 Å². The van der Waals surface area contributed by atoms with Crippen LogP contribution in [0.15, 0.2) is 80.8 Å². The highest BCUT2D eigenvalue weighted by Gasteiger charge is 2.21. The molecule has 0 heterocycles. The summed E-state index contributed by atoms with van der Waals surface area (Å²) in [7, 11) is 0. The Labute approximate surface area is 213 Å². The third kappa shape index (κ3) is 7.15. The Kier molecular flexibility index (Phi) is 9.05. The number of nitrogens with zero attached hydrogens (tertiary/aromatic N) is 1. The van der Waals surface area contributed by atoms with Gasteiger partial charge in [-0.15, -0.1) is 0 Å². The molecule has 0 aliphatic heterocycles. The maximum atomic E-state index is 12.4. The molecule has 1 atom stereocenters. The van der Waals surface area contributed by atoms with Gasteiger partial charge in [0.1, 0.15) is 18.3 Å². The van der Waals surface area contributed by atoms with Crippen molar-refractivity contribution < 1.29 is 14.3 Å². The number of benzene rings is 3. The molecule has 9 heteroatoms. The second kappa shape index (κ2) is 12.0. The number of rotatable bonds is 8. The molecule has 0 fully saturated rings. The van der Waals surface area contributed by atoms with Crippen molar-refractivity contribution in [2.75, 3.05) is 5.32 Å².